The van der Waals surface area contributed by atoms with E-state index in [1.807, 2.05) is 0 Å². The van der Waals surface area contributed by atoms with Gasteiger partial charge < -0.3 is 14.8 Å². The maximum Gasteiger partial charge on any atom is 0.266 e. The van der Waals surface area contributed by atoms with Crippen LogP contribution in [0.4, 0.5) is 10.1 Å². The van der Waals surface area contributed by atoms with Crippen molar-refractivity contribution < 1.29 is 18.7 Å². The third-order valence-electron chi connectivity index (χ3n) is 3.76. The molecule has 0 aliphatic carbocycles. The minimum absolute atomic E-state index is 0.306. The summed E-state index contributed by atoms with van der Waals surface area (Å²) in [5.74, 6) is 0.498. The topological polar surface area (TPSA) is 47.6 Å². The summed E-state index contributed by atoms with van der Waals surface area (Å²) in [7, 11) is 3.07. The second-order valence-corrected chi connectivity index (χ2v) is 6.24. The molecule has 24 heavy (non-hydrogen) atoms. The maximum absolute atomic E-state index is 14.0. The van der Waals surface area contributed by atoms with Crippen molar-refractivity contribution >= 4 is 33.0 Å². The molecule has 3 rings (SSSR count). The fourth-order valence-electron chi connectivity index (χ4n) is 2.56. The van der Waals surface area contributed by atoms with Crippen molar-refractivity contribution in [2.24, 2.45) is 0 Å². The summed E-state index contributed by atoms with van der Waals surface area (Å²) in [6, 6.07) is 9.98. The maximum atomic E-state index is 14.0. The molecule has 124 valence electrons. The van der Waals surface area contributed by atoms with Crippen molar-refractivity contribution in [3.05, 3.63) is 52.7 Å². The number of thiophene rings is 1. The molecule has 3 aromatic rings. The first-order chi connectivity index (χ1) is 11.5. The molecule has 4 nitrogen and oxygen atoms in total. The molecule has 0 aliphatic heterocycles. The third kappa shape index (κ3) is 2.80. The van der Waals surface area contributed by atoms with Crippen LogP contribution in [0.1, 0.15) is 15.2 Å². The first-order valence-electron chi connectivity index (χ1n) is 7.26. The number of halogens is 1. The fourth-order valence-corrected chi connectivity index (χ4v) is 3.68. The van der Waals surface area contributed by atoms with Gasteiger partial charge in [0.05, 0.1) is 24.8 Å². The highest BCUT2D eigenvalue weighted by Crippen LogP contribution is 2.34. The Morgan fingerprint density at radius 3 is 2.62 bits per heavy atom. The van der Waals surface area contributed by atoms with Crippen molar-refractivity contribution in [1.29, 1.82) is 0 Å². The Morgan fingerprint density at radius 2 is 1.96 bits per heavy atom. The summed E-state index contributed by atoms with van der Waals surface area (Å²) < 4.78 is 25.2. The molecule has 1 amide bonds. The molecular weight excluding hydrogens is 329 g/mol. The number of fused-ring (bicyclic) bond motifs is 1. The number of hydrogen-bond donors (Lipinski definition) is 1. The first-order valence-corrected chi connectivity index (χ1v) is 8.07. The molecule has 0 aliphatic rings. The number of rotatable bonds is 4. The highest BCUT2D eigenvalue weighted by molar-refractivity contribution is 7.21. The lowest BCUT2D eigenvalue weighted by atomic mass is 10.1. The fraction of sp³-hybridized carbons (Fsp3) is 0.167. The van der Waals surface area contributed by atoms with E-state index in [1.165, 1.54) is 24.5 Å². The summed E-state index contributed by atoms with van der Waals surface area (Å²) in [5.41, 5.74) is 1.13. The Bertz CT molecular complexity index is 920. The van der Waals surface area contributed by atoms with Crippen LogP contribution < -0.4 is 14.8 Å². The number of ether oxygens (including phenoxy) is 2. The molecule has 1 N–H and O–H groups in total. The van der Waals surface area contributed by atoms with Gasteiger partial charge in [-0.25, -0.2) is 4.39 Å². The Kier molecular flexibility index (Phi) is 4.40. The van der Waals surface area contributed by atoms with Gasteiger partial charge in [-0.15, -0.1) is 11.3 Å². The summed E-state index contributed by atoms with van der Waals surface area (Å²) in [4.78, 5) is 13.1. The molecule has 1 heterocycles. The first kappa shape index (κ1) is 16.3. The van der Waals surface area contributed by atoms with E-state index in [1.54, 1.807) is 44.4 Å². The second kappa shape index (κ2) is 6.49. The largest absolute Gasteiger partial charge is 0.497 e. The molecule has 0 saturated heterocycles. The van der Waals surface area contributed by atoms with Crippen LogP contribution in [0.25, 0.3) is 10.1 Å². The minimum atomic E-state index is -0.320. The van der Waals surface area contributed by atoms with E-state index >= 15 is 0 Å². The Hall–Kier alpha value is -2.60. The average Bonchev–Trinajstić information content (AvgIpc) is 2.93. The predicted molar refractivity (Wildman–Crippen MR) is 94.0 cm³/mol. The third-order valence-corrected chi connectivity index (χ3v) is 5.02. The number of anilines is 1. The number of nitrogens with one attached hydrogen (secondary N) is 1. The molecule has 0 atom stereocenters. The monoisotopic (exact) mass is 345 g/mol. The lowest BCUT2D eigenvalue weighted by molar-refractivity contribution is 0.102. The minimum Gasteiger partial charge on any atom is -0.497 e. The number of aryl methyl sites for hydroxylation is 1. The molecule has 0 spiro atoms. The summed E-state index contributed by atoms with van der Waals surface area (Å²) in [6.45, 7) is 1.75. The Morgan fingerprint density at radius 1 is 1.17 bits per heavy atom. The highest BCUT2D eigenvalue weighted by Gasteiger charge is 2.19. The molecule has 0 bridgehead atoms. The van der Waals surface area contributed by atoms with E-state index in [2.05, 4.69) is 5.32 Å². The van der Waals surface area contributed by atoms with Crippen LogP contribution in [0.3, 0.4) is 0 Å². The van der Waals surface area contributed by atoms with Crippen molar-refractivity contribution in [2.45, 2.75) is 6.92 Å². The van der Waals surface area contributed by atoms with Crippen molar-refractivity contribution in [1.82, 2.24) is 0 Å². The molecule has 1 aromatic heterocycles. The zero-order chi connectivity index (χ0) is 17.3. The number of hydrogen-bond acceptors (Lipinski definition) is 4. The van der Waals surface area contributed by atoms with Crippen LogP contribution in [-0.4, -0.2) is 20.1 Å². The average molecular weight is 345 g/mol. The van der Waals surface area contributed by atoms with Gasteiger partial charge in [-0.2, -0.15) is 0 Å². The molecule has 0 saturated carbocycles. The Balaban J connectivity index is 1.99. The van der Waals surface area contributed by atoms with E-state index in [9.17, 15) is 9.18 Å². The van der Waals surface area contributed by atoms with Gasteiger partial charge in [0.2, 0.25) is 0 Å². The number of methoxy groups -OCH3 is 2. The molecule has 6 heteroatoms. The zero-order valence-corrected chi connectivity index (χ0v) is 14.3. The molecule has 2 aromatic carbocycles. The standard InChI is InChI=1S/C18H16FNO3S/c1-10-16-12(19)5-4-6-15(16)24-17(10)18(21)20-13-9-11(22-2)7-8-14(13)23-3/h4-9H,1-3H3,(H,20,21). The molecular formula is C18H16FNO3S. The number of carbonyl (C=O) groups is 1. The normalized spacial score (nSPS) is 10.7. The molecule has 0 unspecified atom stereocenters. The van der Waals surface area contributed by atoms with Gasteiger partial charge in [-0.1, -0.05) is 6.07 Å². The summed E-state index contributed by atoms with van der Waals surface area (Å²) in [6.07, 6.45) is 0. The van der Waals surface area contributed by atoms with E-state index in [0.717, 1.165) is 4.70 Å². The van der Waals surface area contributed by atoms with Gasteiger partial charge in [0.1, 0.15) is 17.3 Å². The summed E-state index contributed by atoms with van der Waals surface area (Å²) >= 11 is 1.26. The van der Waals surface area contributed by atoms with Crippen molar-refractivity contribution in [2.75, 3.05) is 19.5 Å². The van der Waals surface area contributed by atoms with Crippen LogP contribution in [-0.2, 0) is 0 Å². The van der Waals surface area contributed by atoms with E-state index < -0.39 is 0 Å². The van der Waals surface area contributed by atoms with E-state index in [4.69, 9.17) is 9.47 Å². The quantitative estimate of drug-likeness (QED) is 0.751. The second-order valence-electron chi connectivity index (χ2n) is 5.19. The van der Waals surface area contributed by atoms with E-state index in [0.29, 0.717) is 33.0 Å². The predicted octanol–water partition coefficient (Wildman–Crippen LogP) is 4.62. The molecule has 0 fully saturated rings. The van der Waals surface area contributed by atoms with Gasteiger partial charge >= 0.3 is 0 Å². The van der Waals surface area contributed by atoms with Crippen molar-refractivity contribution in [3.8, 4) is 11.5 Å². The lowest BCUT2D eigenvalue weighted by Gasteiger charge is -2.11. The number of amides is 1. The van der Waals surface area contributed by atoms with Crippen LogP contribution >= 0.6 is 11.3 Å². The molecule has 0 radical (unpaired) electrons. The van der Waals surface area contributed by atoms with Crippen LogP contribution in [0.15, 0.2) is 36.4 Å². The smallest absolute Gasteiger partial charge is 0.266 e. The van der Waals surface area contributed by atoms with Gasteiger partial charge in [0.25, 0.3) is 5.91 Å². The van der Waals surface area contributed by atoms with Gasteiger partial charge in [-0.3, -0.25) is 4.79 Å². The highest BCUT2D eigenvalue weighted by atomic mass is 32.1. The lowest BCUT2D eigenvalue weighted by Crippen LogP contribution is -2.12. The number of benzene rings is 2. The zero-order valence-electron chi connectivity index (χ0n) is 13.5. The van der Waals surface area contributed by atoms with Crippen LogP contribution in [0, 0.1) is 12.7 Å². The van der Waals surface area contributed by atoms with Gasteiger partial charge in [0.15, 0.2) is 0 Å². The number of carbonyl (C=O) groups excluding carboxylic acids is 1. The van der Waals surface area contributed by atoms with Crippen LogP contribution in [0.5, 0.6) is 11.5 Å². The van der Waals surface area contributed by atoms with Gasteiger partial charge in [-0.05, 0) is 36.8 Å². The van der Waals surface area contributed by atoms with Crippen LogP contribution in [0.2, 0.25) is 0 Å². The van der Waals surface area contributed by atoms with Gasteiger partial charge in [0, 0.05) is 16.2 Å². The Labute approximate surface area is 142 Å². The van der Waals surface area contributed by atoms with Crippen molar-refractivity contribution in [3.63, 3.8) is 0 Å². The summed E-state index contributed by atoms with van der Waals surface area (Å²) in [5, 5.41) is 3.31. The van der Waals surface area contributed by atoms with E-state index in [-0.39, 0.29) is 11.7 Å². The SMILES string of the molecule is COc1ccc(OC)c(NC(=O)c2sc3cccc(F)c3c2C)c1.